The molecule has 33 heavy (non-hydrogen) atoms. The Morgan fingerprint density at radius 3 is 2.76 bits per heavy atom. The number of nitrogens with zero attached hydrogens (tertiary/aromatic N) is 3. The number of aliphatic hydroxyl groups excluding tert-OH is 1. The summed E-state index contributed by atoms with van der Waals surface area (Å²) in [6, 6.07) is 5.57. The molecular weight excluding hydrogens is 465 g/mol. The molecule has 0 spiro atoms. The van der Waals surface area contributed by atoms with E-state index < -0.39 is 5.91 Å². The summed E-state index contributed by atoms with van der Waals surface area (Å²) in [5.41, 5.74) is 6.10. The summed E-state index contributed by atoms with van der Waals surface area (Å²) in [5.74, 6) is -0.504. The number of carbonyl (C=O) groups is 1. The van der Waals surface area contributed by atoms with E-state index in [0.29, 0.717) is 27.1 Å². The number of aryl methyl sites for hydroxylation is 1. The van der Waals surface area contributed by atoms with E-state index in [0.717, 1.165) is 30.9 Å². The highest BCUT2D eigenvalue weighted by Crippen LogP contribution is 2.36. The van der Waals surface area contributed by atoms with Gasteiger partial charge in [-0.2, -0.15) is 0 Å². The number of anilines is 2. The number of aromatic nitrogens is 2. The van der Waals surface area contributed by atoms with E-state index in [1.165, 1.54) is 19.3 Å². The second kappa shape index (κ2) is 10.7. The van der Waals surface area contributed by atoms with Crippen LogP contribution in [-0.2, 0) is 11.4 Å². The number of fused-ring (bicyclic) bond motifs is 1. The number of hydrogen-bond acceptors (Lipinski definition) is 6. The molecule has 2 aromatic heterocycles. The van der Waals surface area contributed by atoms with Gasteiger partial charge in [-0.3, -0.25) is 14.5 Å². The number of nitrogens with one attached hydrogen (secondary N) is 2. The molecule has 0 radical (unpaired) electrons. The Kier molecular flexibility index (Phi) is 7.72. The minimum absolute atomic E-state index is 0.0282. The van der Waals surface area contributed by atoms with Crippen molar-refractivity contribution in [1.29, 1.82) is 0 Å². The SMILES string of the molecule is Cc1ccc(Nc2c(C(=O)NOCCO)cn3c(CN4CCCCC4)cnc3c2Cl)c(Cl)c1. The van der Waals surface area contributed by atoms with Crippen LogP contribution in [0.4, 0.5) is 11.4 Å². The van der Waals surface area contributed by atoms with Gasteiger partial charge in [-0.05, 0) is 50.6 Å². The zero-order chi connectivity index (χ0) is 23.4. The van der Waals surface area contributed by atoms with E-state index >= 15 is 0 Å². The van der Waals surface area contributed by atoms with Crippen molar-refractivity contribution >= 4 is 46.1 Å². The van der Waals surface area contributed by atoms with Gasteiger partial charge < -0.3 is 14.8 Å². The Hall–Kier alpha value is -2.36. The van der Waals surface area contributed by atoms with E-state index in [1.54, 1.807) is 12.4 Å². The van der Waals surface area contributed by atoms with Crippen LogP contribution in [0.5, 0.6) is 0 Å². The van der Waals surface area contributed by atoms with Gasteiger partial charge in [0.2, 0.25) is 0 Å². The largest absolute Gasteiger partial charge is 0.394 e. The van der Waals surface area contributed by atoms with Gasteiger partial charge in [0.1, 0.15) is 5.02 Å². The second-order valence-corrected chi connectivity index (χ2v) is 8.91. The van der Waals surface area contributed by atoms with E-state index in [1.807, 2.05) is 29.5 Å². The third-order valence-corrected chi connectivity index (χ3v) is 6.31. The first-order valence-electron chi connectivity index (χ1n) is 10.9. The molecule has 0 saturated carbocycles. The van der Waals surface area contributed by atoms with E-state index in [-0.39, 0.29) is 18.8 Å². The predicted molar refractivity (Wildman–Crippen MR) is 129 cm³/mol. The molecule has 1 aliphatic rings. The fraction of sp³-hybridized carbons (Fsp3) is 0.391. The third-order valence-electron chi connectivity index (χ3n) is 5.64. The van der Waals surface area contributed by atoms with Crippen molar-refractivity contribution in [3.8, 4) is 0 Å². The summed E-state index contributed by atoms with van der Waals surface area (Å²) < 4.78 is 1.85. The molecule has 1 fully saturated rings. The lowest BCUT2D eigenvalue weighted by atomic mass is 10.1. The summed E-state index contributed by atoms with van der Waals surface area (Å²) in [6.07, 6.45) is 7.11. The molecule has 3 heterocycles. The first kappa shape index (κ1) is 23.8. The van der Waals surface area contributed by atoms with Crippen molar-refractivity contribution in [3.63, 3.8) is 0 Å². The minimum atomic E-state index is -0.504. The molecule has 3 N–H and O–H groups in total. The number of halogens is 2. The number of piperidine rings is 1. The smallest absolute Gasteiger partial charge is 0.278 e. The first-order valence-corrected chi connectivity index (χ1v) is 11.7. The fourth-order valence-electron chi connectivity index (χ4n) is 3.96. The number of likely N-dealkylation sites (tertiary alicyclic amines) is 1. The Morgan fingerprint density at radius 2 is 2.03 bits per heavy atom. The fourth-order valence-corrected chi connectivity index (χ4v) is 4.53. The van der Waals surface area contributed by atoms with Gasteiger partial charge in [-0.25, -0.2) is 10.5 Å². The number of hydrogen-bond donors (Lipinski definition) is 3. The van der Waals surface area contributed by atoms with Crippen molar-refractivity contribution in [2.75, 3.05) is 31.6 Å². The number of amides is 1. The molecule has 8 nitrogen and oxygen atoms in total. The maximum atomic E-state index is 13.0. The Morgan fingerprint density at radius 1 is 1.24 bits per heavy atom. The molecule has 0 bridgehead atoms. The molecule has 176 valence electrons. The van der Waals surface area contributed by atoms with Crippen LogP contribution in [0.3, 0.4) is 0 Å². The van der Waals surface area contributed by atoms with Crippen molar-refractivity contribution < 1.29 is 14.7 Å². The standard InChI is InChI=1S/C23H27Cl2N5O3/c1-15-5-6-19(18(24)11-15)27-21-17(23(32)28-33-10-9-31)14-30-16(12-26-22(30)20(21)25)13-29-7-3-2-4-8-29/h5-6,11-12,14,27,31H,2-4,7-10,13H2,1H3,(H,28,32). The lowest BCUT2D eigenvalue weighted by molar-refractivity contribution is 0.0168. The maximum absolute atomic E-state index is 13.0. The van der Waals surface area contributed by atoms with Gasteiger partial charge in [0.25, 0.3) is 5.91 Å². The average molecular weight is 492 g/mol. The van der Waals surface area contributed by atoms with Gasteiger partial charge in [-0.1, -0.05) is 35.7 Å². The molecule has 0 unspecified atom stereocenters. The molecule has 10 heteroatoms. The summed E-state index contributed by atoms with van der Waals surface area (Å²) in [7, 11) is 0. The number of carbonyl (C=O) groups excluding carboxylic acids is 1. The van der Waals surface area contributed by atoms with Gasteiger partial charge in [0, 0.05) is 12.7 Å². The molecular formula is C23H27Cl2N5O3. The van der Waals surface area contributed by atoms with Gasteiger partial charge >= 0.3 is 0 Å². The van der Waals surface area contributed by atoms with Crippen LogP contribution in [0.15, 0.2) is 30.6 Å². The second-order valence-electron chi connectivity index (χ2n) is 8.12. The molecule has 1 aromatic carbocycles. The zero-order valence-electron chi connectivity index (χ0n) is 18.4. The van der Waals surface area contributed by atoms with Crippen molar-refractivity contribution in [3.05, 3.63) is 57.5 Å². The summed E-state index contributed by atoms with van der Waals surface area (Å²) in [6.45, 7) is 4.49. The Balaban J connectivity index is 1.74. The number of hydroxylamine groups is 1. The lowest BCUT2D eigenvalue weighted by Gasteiger charge is -2.26. The zero-order valence-corrected chi connectivity index (χ0v) is 19.9. The highest BCUT2D eigenvalue weighted by Gasteiger charge is 2.22. The van der Waals surface area contributed by atoms with Crippen LogP contribution in [0, 0.1) is 6.92 Å². The summed E-state index contributed by atoms with van der Waals surface area (Å²) in [5, 5.41) is 13.0. The highest BCUT2D eigenvalue weighted by molar-refractivity contribution is 6.37. The number of pyridine rings is 1. The normalized spacial score (nSPS) is 14.5. The molecule has 3 aromatic rings. The van der Waals surface area contributed by atoms with Crippen molar-refractivity contribution in [1.82, 2.24) is 19.8 Å². The molecule has 0 atom stereocenters. The average Bonchev–Trinajstić information content (AvgIpc) is 3.20. The quantitative estimate of drug-likeness (QED) is 0.320. The van der Waals surface area contributed by atoms with Crippen LogP contribution in [-0.4, -0.2) is 51.6 Å². The Bertz CT molecular complexity index is 1140. The highest BCUT2D eigenvalue weighted by atomic mass is 35.5. The number of aliphatic hydroxyl groups is 1. The predicted octanol–water partition coefficient (Wildman–Crippen LogP) is 4.33. The van der Waals surface area contributed by atoms with E-state index in [9.17, 15) is 4.79 Å². The molecule has 1 amide bonds. The summed E-state index contributed by atoms with van der Waals surface area (Å²) in [4.78, 5) is 25.0. The number of rotatable bonds is 8. The maximum Gasteiger partial charge on any atom is 0.278 e. The molecule has 4 rings (SSSR count). The number of imidazole rings is 1. The van der Waals surface area contributed by atoms with Crippen LogP contribution >= 0.6 is 23.2 Å². The lowest BCUT2D eigenvalue weighted by Crippen LogP contribution is -2.29. The first-order chi connectivity index (χ1) is 16.0. The Labute approximate surface area is 202 Å². The topological polar surface area (TPSA) is 91.1 Å². The van der Waals surface area contributed by atoms with Gasteiger partial charge in [-0.15, -0.1) is 0 Å². The van der Waals surface area contributed by atoms with Gasteiger partial charge in [0.05, 0.1) is 47.1 Å². The van der Waals surface area contributed by atoms with Gasteiger partial charge in [0.15, 0.2) is 5.65 Å². The van der Waals surface area contributed by atoms with E-state index in [2.05, 4.69) is 20.7 Å². The molecule has 1 saturated heterocycles. The van der Waals surface area contributed by atoms with E-state index in [4.69, 9.17) is 33.1 Å². The minimum Gasteiger partial charge on any atom is -0.394 e. The third kappa shape index (κ3) is 5.42. The van der Waals surface area contributed by atoms with Crippen LogP contribution in [0.25, 0.3) is 5.65 Å². The number of benzene rings is 1. The van der Waals surface area contributed by atoms with Crippen molar-refractivity contribution in [2.45, 2.75) is 32.7 Å². The van der Waals surface area contributed by atoms with Crippen LogP contribution < -0.4 is 10.8 Å². The van der Waals surface area contributed by atoms with Crippen LogP contribution in [0.1, 0.15) is 40.9 Å². The van der Waals surface area contributed by atoms with Crippen molar-refractivity contribution in [2.24, 2.45) is 0 Å². The monoisotopic (exact) mass is 491 g/mol. The summed E-state index contributed by atoms with van der Waals surface area (Å²) >= 11 is 13.2. The molecule has 1 aliphatic heterocycles. The molecule has 0 aliphatic carbocycles. The van der Waals surface area contributed by atoms with Crippen LogP contribution in [0.2, 0.25) is 10.0 Å².